The molecule has 0 bridgehead atoms. The van der Waals surface area contributed by atoms with Gasteiger partial charge >= 0.3 is 11.9 Å². The molecule has 1 aliphatic heterocycles. The third kappa shape index (κ3) is 8.61. The first-order chi connectivity index (χ1) is 9.58. The van der Waals surface area contributed by atoms with E-state index in [1.54, 1.807) is 0 Å². The van der Waals surface area contributed by atoms with Gasteiger partial charge in [0.25, 0.3) is 0 Å². The van der Waals surface area contributed by atoms with Crippen LogP contribution in [0.1, 0.15) is 0 Å². The van der Waals surface area contributed by atoms with E-state index >= 15 is 0 Å². The molecule has 1 saturated heterocycles. The highest BCUT2D eigenvalue weighted by molar-refractivity contribution is 8.00. The molecule has 0 amide bonds. The number of carboxylic acids is 2. The number of rotatable bonds is 10. The largest absolute Gasteiger partial charge is 0.481 e. The Kier molecular flexibility index (Phi) is 8.98. The number of hydrogen-bond acceptors (Lipinski definition) is 8. The standard InChI is InChI=1S/C10H20N4O4S2/c15-9(16)1-19-6-12-5-13-3-11-4-14(7-13)8-20-2-10(17)18/h11-12H,1-8H2,(H,15,16)(H,17,18). The smallest absolute Gasteiger partial charge is 0.313 e. The van der Waals surface area contributed by atoms with Crippen LogP contribution in [0.3, 0.4) is 0 Å². The first kappa shape index (κ1) is 17.5. The van der Waals surface area contributed by atoms with Gasteiger partial charge in [0.15, 0.2) is 0 Å². The second-order valence-electron chi connectivity index (χ2n) is 4.22. The summed E-state index contributed by atoms with van der Waals surface area (Å²) in [5.74, 6) is -0.129. The molecule has 1 aliphatic rings. The third-order valence-corrected chi connectivity index (χ3v) is 4.19. The Morgan fingerprint density at radius 3 is 2.45 bits per heavy atom. The fourth-order valence-corrected chi connectivity index (χ4v) is 2.83. The fourth-order valence-electron chi connectivity index (χ4n) is 1.62. The molecule has 0 spiro atoms. The minimum Gasteiger partial charge on any atom is -0.481 e. The van der Waals surface area contributed by atoms with Crippen molar-refractivity contribution in [1.82, 2.24) is 20.4 Å². The van der Waals surface area contributed by atoms with E-state index in [0.29, 0.717) is 18.4 Å². The van der Waals surface area contributed by atoms with Crippen LogP contribution in [0, 0.1) is 0 Å². The van der Waals surface area contributed by atoms with Crippen LogP contribution in [-0.2, 0) is 9.59 Å². The lowest BCUT2D eigenvalue weighted by Crippen LogP contribution is -2.54. The van der Waals surface area contributed by atoms with Crippen molar-refractivity contribution in [3.8, 4) is 0 Å². The molecule has 0 aromatic carbocycles. The Morgan fingerprint density at radius 2 is 1.75 bits per heavy atom. The molecule has 0 saturated carbocycles. The summed E-state index contributed by atoms with van der Waals surface area (Å²) in [6, 6.07) is 0. The van der Waals surface area contributed by atoms with Gasteiger partial charge in [-0.25, -0.2) is 0 Å². The quantitative estimate of drug-likeness (QED) is 0.300. The van der Waals surface area contributed by atoms with Gasteiger partial charge in [-0.2, -0.15) is 0 Å². The first-order valence-corrected chi connectivity index (χ1v) is 8.34. The van der Waals surface area contributed by atoms with Crippen LogP contribution >= 0.6 is 23.5 Å². The van der Waals surface area contributed by atoms with Crippen molar-refractivity contribution in [2.75, 3.05) is 49.9 Å². The molecule has 1 fully saturated rings. The van der Waals surface area contributed by atoms with E-state index in [2.05, 4.69) is 20.4 Å². The van der Waals surface area contributed by atoms with E-state index in [1.807, 2.05) is 0 Å². The Labute approximate surface area is 126 Å². The molecule has 0 aromatic heterocycles. The second-order valence-corrected chi connectivity index (χ2v) is 6.16. The number of carboxylic acid groups (broad SMARTS) is 2. The van der Waals surface area contributed by atoms with Gasteiger partial charge in [-0.05, 0) is 0 Å². The molecule has 10 heteroatoms. The first-order valence-electron chi connectivity index (χ1n) is 6.03. The molecule has 0 unspecified atom stereocenters. The molecule has 0 radical (unpaired) electrons. The van der Waals surface area contributed by atoms with Crippen LogP contribution in [0.25, 0.3) is 0 Å². The molecule has 1 heterocycles. The van der Waals surface area contributed by atoms with Crippen LogP contribution in [0.4, 0.5) is 0 Å². The lowest BCUT2D eigenvalue weighted by atomic mass is 10.6. The number of hydrogen-bond donors (Lipinski definition) is 4. The molecule has 4 N–H and O–H groups in total. The zero-order chi connectivity index (χ0) is 14.8. The topological polar surface area (TPSA) is 105 Å². The van der Waals surface area contributed by atoms with Crippen molar-refractivity contribution in [3.63, 3.8) is 0 Å². The van der Waals surface area contributed by atoms with Gasteiger partial charge in [0.1, 0.15) is 0 Å². The van der Waals surface area contributed by atoms with E-state index in [1.165, 1.54) is 23.5 Å². The van der Waals surface area contributed by atoms with Crippen LogP contribution < -0.4 is 10.6 Å². The van der Waals surface area contributed by atoms with Crippen molar-refractivity contribution in [1.29, 1.82) is 0 Å². The van der Waals surface area contributed by atoms with Crippen molar-refractivity contribution >= 4 is 35.5 Å². The average molecular weight is 324 g/mol. The average Bonchev–Trinajstić information content (AvgIpc) is 2.38. The molecular formula is C10H20N4O4S2. The monoisotopic (exact) mass is 324 g/mol. The molecule has 116 valence electrons. The Morgan fingerprint density at radius 1 is 1.10 bits per heavy atom. The summed E-state index contributed by atoms with van der Waals surface area (Å²) >= 11 is 2.70. The number of nitrogens with zero attached hydrogens (tertiary/aromatic N) is 2. The summed E-state index contributed by atoms with van der Waals surface area (Å²) in [6.45, 7) is 2.93. The number of thioether (sulfide) groups is 2. The maximum Gasteiger partial charge on any atom is 0.313 e. The van der Waals surface area contributed by atoms with Crippen LogP contribution in [0.5, 0.6) is 0 Å². The highest BCUT2D eigenvalue weighted by Crippen LogP contribution is 2.06. The molecule has 20 heavy (non-hydrogen) atoms. The summed E-state index contributed by atoms with van der Waals surface area (Å²) in [5, 5.41) is 23.5. The molecule has 0 atom stereocenters. The summed E-state index contributed by atoms with van der Waals surface area (Å²) in [4.78, 5) is 25.0. The number of nitrogens with one attached hydrogen (secondary N) is 2. The number of carbonyl (C=O) groups is 2. The summed E-state index contributed by atoms with van der Waals surface area (Å²) < 4.78 is 0. The summed E-state index contributed by atoms with van der Waals surface area (Å²) in [7, 11) is 0. The molecule has 8 nitrogen and oxygen atoms in total. The van der Waals surface area contributed by atoms with Gasteiger partial charge in [-0.3, -0.25) is 30.0 Å². The van der Waals surface area contributed by atoms with Crippen molar-refractivity contribution in [2.45, 2.75) is 0 Å². The maximum atomic E-state index is 10.4. The second kappa shape index (κ2) is 10.2. The van der Waals surface area contributed by atoms with Gasteiger partial charge in [-0.15, -0.1) is 23.5 Å². The Bertz CT molecular complexity index is 322. The summed E-state index contributed by atoms with van der Waals surface area (Å²) in [5.41, 5.74) is 0. The predicted molar refractivity (Wildman–Crippen MR) is 79.3 cm³/mol. The number of aliphatic carboxylic acids is 2. The summed E-state index contributed by atoms with van der Waals surface area (Å²) in [6.07, 6.45) is 0. The minimum atomic E-state index is -0.807. The normalized spacial score (nSPS) is 17.2. The Hall–Kier alpha value is -0.520. The fraction of sp³-hybridized carbons (Fsp3) is 0.800. The van der Waals surface area contributed by atoms with Gasteiger partial charge in [0.05, 0.1) is 38.2 Å². The Balaban J connectivity index is 2.07. The molecule has 1 rings (SSSR count). The lowest BCUT2D eigenvalue weighted by Gasteiger charge is -2.35. The molecule has 0 aliphatic carbocycles. The predicted octanol–water partition coefficient (Wildman–Crippen LogP) is -0.836. The van der Waals surface area contributed by atoms with Gasteiger partial charge < -0.3 is 10.2 Å². The minimum absolute atomic E-state index is 0.100. The highest BCUT2D eigenvalue weighted by atomic mass is 32.2. The zero-order valence-electron chi connectivity index (χ0n) is 11.1. The van der Waals surface area contributed by atoms with Crippen molar-refractivity contribution < 1.29 is 19.8 Å². The zero-order valence-corrected chi connectivity index (χ0v) is 12.7. The lowest BCUT2D eigenvalue weighted by molar-refractivity contribution is -0.134. The van der Waals surface area contributed by atoms with E-state index in [4.69, 9.17) is 10.2 Å². The van der Waals surface area contributed by atoms with E-state index < -0.39 is 11.9 Å². The molecular weight excluding hydrogens is 304 g/mol. The van der Waals surface area contributed by atoms with Gasteiger partial charge in [0.2, 0.25) is 0 Å². The maximum absolute atomic E-state index is 10.4. The third-order valence-electron chi connectivity index (χ3n) is 2.34. The van der Waals surface area contributed by atoms with Crippen LogP contribution in [-0.4, -0.2) is 81.9 Å². The van der Waals surface area contributed by atoms with E-state index in [-0.39, 0.29) is 11.5 Å². The van der Waals surface area contributed by atoms with Crippen molar-refractivity contribution in [3.05, 3.63) is 0 Å². The van der Waals surface area contributed by atoms with E-state index in [9.17, 15) is 9.59 Å². The van der Waals surface area contributed by atoms with Gasteiger partial charge in [-0.1, -0.05) is 0 Å². The van der Waals surface area contributed by atoms with E-state index in [0.717, 1.165) is 20.0 Å². The SMILES string of the molecule is O=C(O)CSCNCN1CNCN(CSCC(=O)O)C1. The van der Waals surface area contributed by atoms with Crippen LogP contribution in [0.15, 0.2) is 0 Å². The molecule has 0 aromatic rings. The highest BCUT2D eigenvalue weighted by Gasteiger charge is 2.16. The van der Waals surface area contributed by atoms with Crippen molar-refractivity contribution in [2.24, 2.45) is 0 Å². The van der Waals surface area contributed by atoms with Crippen LogP contribution in [0.2, 0.25) is 0 Å². The van der Waals surface area contributed by atoms with Gasteiger partial charge in [0, 0.05) is 11.8 Å².